The van der Waals surface area contributed by atoms with Gasteiger partial charge in [-0.15, -0.1) is 0 Å². The minimum Gasteiger partial charge on any atom is -0.348 e. The van der Waals surface area contributed by atoms with Gasteiger partial charge in [-0.05, 0) is 31.8 Å². The van der Waals surface area contributed by atoms with Crippen LogP contribution in [0.15, 0.2) is 12.1 Å². The summed E-state index contributed by atoms with van der Waals surface area (Å²) in [4.78, 5) is 25.0. The molecule has 0 saturated heterocycles. The summed E-state index contributed by atoms with van der Waals surface area (Å²) in [5.41, 5.74) is -1.18. The molecule has 1 heterocycles. The zero-order valence-corrected chi connectivity index (χ0v) is 11.0. The minimum absolute atomic E-state index is 0.0162. The molecule has 0 fully saturated rings. The SMILES string of the molecule is CN(C)CC(=O)c1cc2c(c(C(F)(F)F)c1)CNC2=O. The fraction of sp³-hybridized carbons (Fsp3) is 0.385. The van der Waals surface area contributed by atoms with Gasteiger partial charge in [-0.25, -0.2) is 0 Å². The standard InChI is InChI=1S/C13H13F3N2O2/c1-18(2)6-11(19)7-3-8-9(5-17-12(8)20)10(4-7)13(14,15)16/h3-4H,5-6H2,1-2H3,(H,17,20). The van der Waals surface area contributed by atoms with Crippen molar-refractivity contribution in [2.75, 3.05) is 20.6 Å². The van der Waals surface area contributed by atoms with E-state index in [1.807, 2.05) is 0 Å². The number of benzene rings is 1. The van der Waals surface area contributed by atoms with E-state index in [0.29, 0.717) is 0 Å². The Kier molecular flexibility index (Phi) is 3.56. The van der Waals surface area contributed by atoms with Gasteiger partial charge in [0.15, 0.2) is 5.78 Å². The topological polar surface area (TPSA) is 49.4 Å². The lowest BCUT2D eigenvalue weighted by atomic mass is 9.97. The number of Topliss-reactive ketones (excluding diaryl/α,β-unsaturated/α-hetero) is 1. The number of ketones is 1. The van der Waals surface area contributed by atoms with Crippen LogP contribution in [0.25, 0.3) is 0 Å². The monoisotopic (exact) mass is 286 g/mol. The lowest BCUT2D eigenvalue weighted by molar-refractivity contribution is -0.138. The van der Waals surface area contributed by atoms with E-state index < -0.39 is 23.4 Å². The first-order chi connectivity index (χ1) is 9.20. The second kappa shape index (κ2) is 4.90. The first-order valence-corrected chi connectivity index (χ1v) is 5.90. The molecule has 0 aromatic heterocycles. The van der Waals surface area contributed by atoms with E-state index in [-0.39, 0.29) is 29.8 Å². The highest BCUT2D eigenvalue weighted by atomic mass is 19.4. The van der Waals surface area contributed by atoms with Crippen LogP contribution in [-0.2, 0) is 12.7 Å². The number of hydrogen-bond donors (Lipinski definition) is 1. The zero-order chi connectivity index (χ0) is 15.1. The third kappa shape index (κ3) is 2.67. The molecule has 1 aromatic carbocycles. The predicted octanol–water partition coefficient (Wildman–Crippen LogP) is 1.69. The molecule has 2 rings (SSSR count). The van der Waals surface area contributed by atoms with Gasteiger partial charge in [-0.2, -0.15) is 13.2 Å². The molecule has 1 aliphatic heterocycles. The average molecular weight is 286 g/mol. The van der Waals surface area contributed by atoms with E-state index in [4.69, 9.17) is 0 Å². The number of amides is 1. The van der Waals surface area contributed by atoms with Gasteiger partial charge < -0.3 is 10.2 Å². The van der Waals surface area contributed by atoms with Gasteiger partial charge in [0.2, 0.25) is 0 Å². The lowest BCUT2D eigenvalue weighted by Crippen LogP contribution is -2.22. The Morgan fingerprint density at radius 1 is 1.35 bits per heavy atom. The fourth-order valence-electron chi connectivity index (χ4n) is 2.12. The number of halogens is 3. The van der Waals surface area contributed by atoms with Crippen molar-refractivity contribution < 1.29 is 22.8 Å². The largest absolute Gasteiger partial charge is 0.416 e. The molecule has 0 atom stereocenters. The quantitative estimate of drug-likeness (QED) is 0.860. The number of carbonyl (C=O) groups excluding carboxylic acids is 2. The Labute approximate surface area is 113 Å². The second-order valence-corrected chi connectivity index (χ2v) is 4.89. The number of hydrogen-bond acceptors (Lipinski definition) is 3. The van der Waals surface area contributed by atoms with Crippen LogP contribution < -0.4 is 5.32 Å². The Morgan fingerprint density at radius 2 is 2.00 bits per heavy atom. The van der Waals surface area contributed by atoms with Gasteiger partial charge >= 0.3 is 6.18 Å². The summed E-state index contributed by atoms with van der Waals surface area (Å²) in [6, 6.07) is 2.06. The van der Waals surface area contributed by atoms with Crippen molar-refractivity contribution in [2.24, 2.45) is 0 Å². The van der Waals surface area contributed by atoms with E-state index in [1.165, 1.54) is 6.07 Å². The summed E-state index contributed by atoms with van der Waals surface area (Å²) in [7, 11) is 3.28. The van der Waals surface area contributed by atoms with E-state index in [0.717, 1.165) is 6.07 Å². The highest BCUT2D eigenvalue weighted by molar-refractivity contribution is 6.04. The molecule has 1 aromatic rings. The molecule has 4 nitrogen and oxygen atoms in total. The Morgan fingerprint density at radius 3 is 2.55 bits per heavy atom. The van der Waals surface area contributed by atoms with Crippen LogP contribution in [0.5, 0.6) is 0 Å². The maximum Gasteiger partial charge on any atom is 0.416 e. The predicted molar refractivity (Wildman–Crippen MR) is 65.5 cm³/mol. The van der Waals surface area contributed by atoms with Crippen LogP contribution in [0.1, 0.15) is 31.8 Å². The van der Waals surface area contributed by atoms with E-state index in [1.54, 1.807) is 19.0 Å². The summed E-state index contributed by atoms with van der Waals surface area (Å²) in [6.45, 7) is -0.178. The Hall–Kier alpha value is -1.89. The third-order valence-electron chi connectivity index (χ3n) is 3.01. The van der Waals surface area contributed by atoms with E-state index >= 15 is 0 Å². The smallest absolute Gasteiger partial charge is 0.348 e. The van der Waals surface area contributed by atoms with Crippen molar-refractivity contribution in [1.29, 1.82) is 0 Å². The Balaban J connectivity index is 2.54. The highest BCUT2D eigenvalue weighted by Gasteiger charge is 2.38. The lowest BCUT2D eigenvalue weighted by Gasteiger charge is -2.14. The maximum atomic E-state index is 13.0. The zero-order valence-electron chi connectivity index (χ0n) is 11.0. The molecule has 0 spiro atoms. The number of rotatable bonds is 3. The number of nitrogens with zero attached hydrogens (tertiary/aromatic N) is 1. The molecule has 0 unspecified atom stereocenters. The highest BCUT2D eigenvalue weighted by Crippen LogP contribution is 2.36. The molecule has 20 heavy (non-hydrogen) atoms. The number of alkyl halides is 3. The van der Waals surface area contributed by atoms with Crippen molar-refractivity contribution in [3.8, 4) is 0 Å². The molecule has 1 amide bonds. The molecular weight excluding hydrogens is 273 g/mol. The fourth-order valence-corrected chi connectivity index (χ4v) is 2.12. The van der Waals surface area contributed by atoms with Crippen molar-refractivity contribution in [2.45, 2.75) is 12.7 Å². The molecule has 0 bridgehead atoms. The van der Waals surface area contributed by atoms with Crippen molar-refractivity contribution in [3.05, 3.63) is 34.4 Å². The average Bonchev–Trinajstić information content (AvgIpc) is 2.68. The van der Waals surface area contributed by atoms with Gasteiger partial charge in [0.1, 0.15) is 0 Å². The second-order valence-electron chi connectivity index (χ2n) is 4.89. The molecule has 1 N–H and O–H groups in total. The number of carbonyl (C=O) groups is 2. The van der Waals surface area contributed by atoms with Gasteiger partial charge in [0.05, 0.1) is 12.1 Å². The maximum absolute atomic E-state index is 13.0. The first-order valence-electron chi connectivity index (χ1n) is 5.90. The first kappa shape index (κ1) is 14.5. The van der Waals surface area contributed by atoms with Crippen LogP contribution in [0.3, 0.4) is 0 Å². The summed E-state index contributed by atoms with van der Waals surface area (Å²) < 4.78 is 39.0. The van der Waals surface area contributed by atoms with Crippen LogP contribution in [0.4, 0.5) is 13.2 Å². The molecule has 7 heteroatoms. The Bertz CT molecular complexity index is 580. The van der Waals surface area contributed by atoms with Crippen molar-refractivity contribution in [3.63, 3.8) is 0 Å². The third-order valence-corrected chi connectivity index (χ3v) is 3.01. The van der Waals surface area contributed by atoms with Crippen LogP contribution in [-0.4, -0.2) is 37.2 Å². The summed E-state index contributed by atoms with van der Waals surface area (Å²) in [5, 5.41) is 2.34. The van der Waals surface area contributed by atoms with Crippen molar-refractivity contribution >= 4 is 11.7 Å². The van der Waals surface area contributed by atoms with Gasteiger partial charge in [0, 0.05) is 17.7 Å². The summed E-state index contributed by atoms with van der Waals surface area (Å²) in [6.07, 6.45) is -4.59. The molecular formula is C13H13F3N2O2. The number of fused-ring (bicyclic) bond motifs is 1. The molecule has 108 valence electrons. The summed E-state index contributed by atoms with van der Waals surface area (Å²) >= 11 is 0. The molecule has 0 aliphatic carbocycles. The molecule has 1 aliphatic rings. The molecule has 0 radical (unpaired) electrons. The number of nitrogens with one attached hydrogen (secondary N) is 1. The van der Waals surface area contributed by atoms with E-state index in [9.17, 15) is 22.8 Å². The van der Waals surface area contributed by atoms with E-state index in [2.05, 4.69) is 5.32 Å². The van der Waals surface area contributed by atoms with Crippen molar-refractivity contribution in [1.82, 2.24) is 10.2 Å². The minimum atomic E-state index is -4.59. The normalized spacial score (nSPS) is 14.4. The van der Waals surface area contributed by atoms with Gasteiger partial charge in [0.25, 0.3) is 5.91 Å². The van der Waals surface area contributed by atoms with Crippen LogP contribution >= 0.6 is 0 Å². The van der Waals surface area contributed by atoms with Crippen LogP contribution in [0, 0.1) is 0 Å². The van der Waals surface area contributed by atoms with Gasteiger partial charge in [-0.3, -0.25) is 9.59 Å². The number of likely N-dealkylation sites (N-methyl/N-ethyl adjacent to an activating group) is 1. The summed E-state index contributed by atoms with van der Waals surface area (Å²) in [5.74, 6) is -1.03. The van der Waals surface area contributed by atoms with Gasteiger partial charge in [-0.1, -0.05) is 0 Å². The van der Waals surface area contributed by atoms with Crippen LogP contribution in [0.2, 0.25) is 0 Å². The molecule has 0 saturated carbocycles.